The molecule has 0 aliphatic heterocycles. The molecule has 0 atom stereocenters. The first kappa shape index (κ1) is 61.2. The van der Waals surface area contributed by atoms with Crippen molar-refractivity contribution in [2.24, 2.45) is 0 Å². The number of aromatic nitrogens is 6. The third-order valence-electron chi connectivity index (χ3n) is 25.7. The van der Waals surface area contributed by atoms with Crippen molar-refractivity contribution < 1.29 is 13.3 Å². The fraction of sp³-hybridized carbons (Fsp3) is 0.0882. The second-order valence-corrected chi connectivity index (χ2v) is 32.6. The van der Waals surface area contributed by atoms with Crippen LogP contribution < -0.4 is 0 Å². The highest BCUT2D eigenvalue weighted by Crippen LogP contribution is 2.56. The Morgan fingerprint density at radius 1 is 0.207 bits per heavy atom. The summed E-state index contributed by atoms with van der Waals surface area (Å²) >= 11 is 0. The van der Waals surface area contributed by atoms with Crippen LogP contribution in [0.3, 0.4) is 0 Å². The van der Waals surface area contributed by atoms with Gasteiger partial charge in [-0.25, -0.2) is 15.0 Å². The number of nitrogens with zero attached hydrogens (tertiary/aromatic N) is 6. The van der Waals surface area contributed by atoms with Gasteiger partial charge >= 0.3 is 0 Å². The van der Waals surface area contributed by atoms with Crippen LogP contribution in [0.1, 0.15) is 74.9 Å². The number of furan rings is 3. The van der Waals surface area contributed by atoms with E-state index in [2.05, 4.69) is 328 Å². The molecule has 15 aromatic carbocycles. The number of hydrogen-bond donors (Lipinski definition) is 0. The first-order valence-corrected chi connectivity index (χ1v) is 38.4. The van der Waals surface area contributed by atoms with E-state index >= 15 is 0 Å². The standard InChI is InChI=1S/C102H66N6O3/c1-100(2)79-43-55(31-37-61(79)64-40-34-58(46-82(64)100)106-85-25-13-7-19-67(85)73-49-76-70-22-10-16-28-91(70)109-94(76)52-88(73)106)97-103-98(56-32-38-62-65-41-35-59(47-83(65)101(3,4)80(62)44-56)107-86-26-14-8-20-68(86)74-50-77-71-23-11-17-29-92(71)110-95(77)53-89(74)107)105-99(104-97)57-33-39-63-66-42-36-60(48-84(66)102(5,6)81(63)45-57)108-87-27-15-9-21-69(87)75-51-78-72-24-12-18-30-93(72)111-96(78)54-90(75)108/h7-54H,1-6H3. The van der Waals surface area contributed by atoms with Crippen LogP contribution in [0, 0.1) is 0 Å². The van der Waals surface area contributed by atoms with Crippen molar-refractivity contribution in [3.8, 4) is 84.6 Å². The minimum atomic E-state index is -0.397. The van der Waals surface area contributed by atoms with Gasteiger partial charge in [-0.05, 0) is 176 Å². The zero-order chi connectivity index (χ0) is 73.4. The molecular weight excluding hydrogens is 1360 g/mol. The Bertz CT molecular complexity index is 7260. The van der Waals surface area contributed by atoms with Gasteiger partial charge in [-0.1, -0.05) is 205 Å². The maximum atomic E-state index is 6.55. The van der Waals surface area contributed by atoms with E-state index in [9.17, 15) is 0 Å². The zero-order valence-electron chi connectivity index (χ0n) is 61.6. The third kappa shape index (κ3) is 8.20. The smallest absolute Gasteiger partial charge is 0.164 e. The molecule has 0 saturated heterocycles. The Balaban J connectivity index is 0.618. The normalized spacial score (nSPS) is 14.4. The molecule has 7 aromatic heterocycles. The molecule has 0 unspecified atom stereocenters. The fourth-order valence-corrected chi connectivity index (χ4v) is 20.2. The number of rotatable bonds is 6. The molecular formula is C102H66N6O3. The molecule has 0 amide bonds. The van der Waals surface area contributed by atoms with Crippen molar-refractivity contribution >= 4 is 131 Å². The highest BCUT2D eigenvalue weighted by Gasteiger charge is 2.40. The molecule has 0 saturated carbocycles. The monoisotopic (exact) mass is 1420 g/mol. The molecule has 522 valence electrons. The molecule has 0 N–H and O–H groups in total. The molecule has 111 heavy (non-hydrogen) atoms. The predicted molar refractivity (Wildman–Crippen MR) is 454 cm³/mol. The molecule has 0 spiro atoms. The van der Waals surface area contributed by atoms with Gasteiger partial charge in [-0.3, -0.25) is 0 Å². The molecule has 3 aliphatic carbocycles. The molecule has 3 aliphatic rings. The van der Waals surface area contributed by atoms with Crippen LogP contribution in [-0.2, 0) is 16.2 Å². The summed E-state index contributed by atoms with van der Waals surface area (Å²) in [5, 5.41) is 14.0. The number of fused-ring (bicyclic) bond motifs is 27. The highest BCUT2D eigenvalue weighted by atomic mass is 16.3. The lowest BCUT2D eigenvalue weighted by Crippen LogP contribution is -2.16. The van der Waals surface area contributed by atoms with Crippen molar-refractivity contribution in [1.29, 1.82) is 0 Å². The fourth-order valence-electron chi connectivity index (χ4n) is 20.2. The van der Waals surface area contributed by atoms with Gasteiger partial charge in [0.25, 0.3) is 0 Å². The van der Waals surface area contributed by atoms with E-state index in [1.807, 2.05) is 18.2 Å². The zero-order valence-corrected chi connectivity index (χ0v) is 61.6. The predicted octanol–water partition coefficient (Wildman–Crippen LogP) is 26.8. The average Bonchev–Trinajstić information content (AvgIpc) is 1.56. The molecule has 0 bridgehead atoms. The Morgan fingerprint density at radius 2 is 0.459 bits per heavy atom. The van der Waals surface area contributed by atoms with E-state index in [4.69, 9.17) is 28.2 Å². The molecule has 7 heterocycles. The molecule has 0 radical (unpaired) electrons. The van der Waals surface area contributed by atoms with Crippen LogP contribution in [-0.4, -0.2) is 28.7 Å². The van der Waals surface area contributed by atoms with Crippen LogP contribution in [0.25, 0.3) is 216 Å². The van der Waals surface area contributed by atoms with Crippen molar-refractivity contribution in [3.63, 3.8) is 0 Å². The molecule has 25 rings (SSSR count). The van der Waals surface area contributed by atoms with Gasteiger partial charge < -0.3 is 27.0 Å². The lowest BCUT2D eigenvalue weighted by molar-refractivity contribution is 0.660. The Labute approximate surface area is 636 Å². The molecule has 9 nitrogen and oxygen atoms in total. The van der Waals surface area contributed by atoms with Gasteiger partial charge in [0, 0.05) is 133 Å². The quantitative estimate of drug-likeness (QED) is 0.165. The van der Waals surface area contributed by atoms with E-state index in [1.165, 1.54) is 99.1 Å². The molecule has 9 heteroatoms. The van der Waals surface area contributed by atoms with Crippen molar-refractivity contribution in [3.05, 3.63) is 325 Å². The Kier molecular flexibility index (Phi) is 11.7. The summed E-state index contributed by atoms with van der Waals surface area (Å²) in [4.78, 5) is 16.8. The first-order valence-electron chi connectivity index (χ1n) is 38.4. The van der Waals surface area contributed by atoms with Crippen molar-refractivity contribution in [2.45, 2.75) is 57.8 Å². The summed E-state index contributed by atoms with van der Waals surface area (Å²) < 4.78 is 26.9. The average molecular weight is 1420 g/mol. The summed E-state index contributed by atoms with van der Waals surface area (Å²) in [6.45, 7) is 14.2. The van der Waals surface area contributed by atoms with Gasteiger partial charge in [0.15, 0.2) is 17.5 Å². The van der Waals surface area contributed by atoms with E-state index in [0.717, 1.165) is 133 Å². The van der Waals surface area contributed by atoms with Crippen LogP contribution >= 0.6 is 0 Å². The number of hydrogen-bond acceptors (Lipinski definition) is 6. The van der Waals surface area contributed by atoms with Crippen LogP contribution in [0.2, 0.25) is 0 Å². The third-order valence-corrected chi connectivity index (χ3v) is 25.7. The SMILES string of the molecule is CC1(C)c2cc(-c3nc(-c4ccc5c(c4)C(C)(C)c4cc(-n6c7ccccc7c7cc8c(cc76)oc6ccccc68)ccc4-5)nc(-c4ccc5c(c4)C(C)(C)c4cc(-n6c7ccccc7c7cc8c(cc76)oc6ccccc68)ccc4-5)n3)ccc2-c2ccc(-n3c4ccccc4c4cc5c(cc43)oc3ccccc35)cc21. The minimum absolute atomic E-state index is 0.397. The van der Waals surface area contributed by atoms with E-state index < -0.39 is 16.2 Å². The second-order valence-electron chi connectivity index (χ2n) is 32.6. The summed E-state index contributed by atoms with van der Waals surface area (Å²) in [6, 6.07) is 107. The number of benzene rings is 15. The lowest BCUT2D eigenvalue weighted by atomic mass is 9.81. The van der Waals surface area contributed by atoms with E-state index in [-0.39, 0.29) is 0 Å². The van der Waals surface area contributed by atoms with Gasteiger partial charge in [0.05, 0.1) is 33.1 Å². The molecule has 0 fully saturated rings. The van der Waals surface area contributed by atoms with E-state index in [0.29, 0.717) is 17.5 Å². The highest BCUT2D eigenvalue weighted by molar-refractivity contribution is 6.21. The minimum Gasteiger partial charge on any atom is -0.456 e. The van der Waals surface area contributed by atoms with Gasteiger partial charge in [-0.15, -0.1) is 0 Å². The van der Waals surface area contributed by atoms with Crippen molar-refractivity contribution in [2.75, 3.05) is 0 Å². The first-order chi connectivity index (χ1) is 54.2. The second kappa shape index (κ2) is 21.3. The van der Waals surface area contributed by atoms with E-state index in [1.54, 1.807) is 0 Å². The lowest BCUT2D eigenvalue weighted by Gasteiger charge is -2.23. The Morgan fingerprint density at radius 3 is 0.757 bits per heavy atom. The summed E-state index contributed by atoms with van der Waals surface area (Å²) in [6.07, 6.45) is 0. The van der Waals surface area contributed by atoms with Gasteiger partial charge in [-0.2, -0.15) is 0 Å². The van der Waals surface area contributed by atoms with Crippen molar-refractivity contribution in [1.82, 2.24) is 28.7 Å². The van der Waals surface area contributed by atoms with Gasteiger partial charge in [0.1, 0.15) is 33.5 Å². The van der Waals surface area contributed by atoms with Crippen LogP contribution in [0.5, 0.6) is 0 Å². The largest absolute Gasteiger partial charge is 0.456 e. The maximum absolute atomic E-state index is 6.55. The molecule has 22 aromatic rings. The summed E-state index contributed by atoms with van der Waals surface area (Å²) in [5.41, 5.74) is 31.8. The van der Waals surface area contributed by atoms with Gasteiger partial charge in [0.2, 0.25) is 0 Å². The summed E-state index contributed by atoms with van der Waals surface area (Å²) in [7, 11) is 0. The Hall–Kier alpha value is -13.9. The van der Waals surface area contributed by atoms with Crippen LogP contribution in [0.15, 0.2) is 304 Å². The topological polar surface area (TPSA) is 92.9 Å². The van der Waals surface area contributed by atoms with Crippen LogP contribution in [0.4, 0.5) is 0 Å². The number of para-hydroxylation sites is 6. The maximum Gasteiger partial charge on any atom is 0.164 e. The summed E-state index contributed by atoms with van der Waals surface area (Å²) in [5.74, 6) is 1.85.